The van der Waals surface area contributed by atoms with Crippen molar-refractivity contribution in [3.05, 3.63) is 102 Å². The fourth-order valence-corrected chi connectivity index (χ4v) is 4.42. The van der Waals surface area contributed by atoms with E-state index in [-0.39, 0.29) is 17.3 Å². The van der Waals surface area contributed by atoms with E-state index in [0.717, 1.165) is 22.4 Å². The molecular formula is C29H23N9O. The normalized spacial score (nSPS) is 11.7. The number of aryl methyl sites for hydroxylation is 1. The summed E-state index contributed by atoms with van der Waals surface area (Å²) in [5, 5.41) is 11.6. The van der Waals surface area contributed by atoms with Crippen LogP contribution in [0.15, 0.2) is 79.4 Å². The molecule has 1 aromatic carbocycles. The smallest absolute Gasteiger partial charge is 0.259 e. The number of nitrogens with one attached hydrogen (secondary N) is 1. The molecule has 10 heteroatoms. The number of amides is 1. The minimum absolute atomic E-state index is 0.108. The van der Waals surface area contributed by atoms with Crippen LogP contribution in [0.25, 0.3) is 27.9 Å². The summed E-state index contributed by atoms with van der Waals surface area (Å²) in [4.78, 5) is 27.2. The molecule has 0 saturated carbocycles. The number of hydrogen-bond acceptors (Lipinski definition) is 7. The zero-order valence-electron chi connectivity index (χ0n) is 21.2. The summed E-state index contributed by atoms with van der Waals surface area (Å²) < 4.78 is 3.19. The average molecular weight is 514 g/mol. The Kier molecular flexibility index (Phi) is 5.93. The van der Waals surface area contributed by atoms with Crippen LogP contribution in [0.5, 0.6) is 0 Å². The number of carbonyl (C=O) groups is 1. The molecule has 0 unspecified atom stereocenters. The Hall–Kier alpha value is -5.56. The maximum atomic E-state index is 13.4. The molecule has 0 aliphatic heterocycles. The molecule has 190 valence electrons. The van der Waals surface area contributed by atoms with Gasteiger partial charge in [-0.15, -0.1) is 5.10 Å². The van der Waals surface area contributed by atoms with Crippen molar-refractivity contribution < 1.29 is 4.79 Å². The molecule has 0 spiro atoms. The summed E-state index contributed by atoms with van der Waals surface area (Å²) in [6.45, 7) is 1.90. The first-order chi connectivity index (χ1) is 19.0. The van der Waals surface area contributed by atoms with Crippen LogP contribution in [0.4, 0.5) is 5.82 Å². The van der Waals surface area contributed by atoms with E-state index in [1.54, 1.807) is 29.3 Å². The number of pyridine rings is 2. The second kappa shape index (κ2) is 9.72. The van der Waals surface area contributed by atoms with Crippen LogP contribution < -0.4 is 11.1 Å². The summed E-state index contributed by atoms with van der Waals surface area (Å²) in [5.74, 6) is 6.02. The number of carbonyl (C=O) groups excluding carboxylic acids is 1. The predicted molar refractivity (Wildman–Crippen MR) is 147 cm³/mol. The Labute approximate surface area is 223 Å². The number of fused-ring (bicyclic) bond motifs is 2. The van der Waals surface area contributed by atoms with Crippen LogP contribution in [0.2, 0.25) is 0 Å². The molecular weight excluding hydrogens is 490 g/mol. The number of nitrogens with zero attached hydrogens (tertiary/aromatic N) is 7. The van der Waals surface area contributed by atoms with Crippen LogP contribution in [0.1, 0.15) is 40.1 Å². The molecule has 0 radical (unpaired) electrons. The highest BCUT2D eigenvalue weighted by atomic mass is 16.1. The van der Waals surface area contributed by atoms with Crippen molar-refractivity contribution in [2.24, 2.45) is 7.05 Å². The summed E-state index contributed by atoms with van der Waals surface area (Å²) >= 11 is 0. The van der Waals surface area contributed by atoms with Crippen molar-refractivity contribution in [1.29, 1.82) is 0 Å². The number of anilines is 1. The van der Waals surface area contributed by atoms with Crippen LogP contribution in [0, 0.1) is 11.8 Å². The van der Waals surface area contributed by atoms with Crippen molar-refractivity contribution in [2.45, 2.75) is 13.0 Å². The zero-order chi connectivity index (χ0) is 26.9. The first kappa shape index (κ1) is 23.8. The molecule has 1 atom stereocenters. The standard InChI is InChI=1S/C29H23N9O/c1-18(33-29(39)24-27(30)36-38-15-6-13-32-28(24)38)22-17-23-26(34-25(22)19-7-4-3-5-8-19)20(11-14-31-23)9-10-21-12-16-37(2)35-21/h3-8,11-18H,1-2H3,(H2,30,36)(H,33,39)/t18-/m1/s1. The van der Waals surface area contributed by atoms with Crippen molar-refractivity contribution in [3.63, 3.8) is 0 Å². The fraction of sp³-hybridized carbons (Fsp3) is 0.103. The molecule has 6 rings (SSSR count). The highest BCUT2D eigenvalue weighted by Gasteiger charge is 2.23. The Morgan fingerprint density at radius 1 is 1.00 bits per heavy atom. The minimum atomic E-state index is -0.437. The number of hydrogen-bond donors (Lipinski definition) is 2. The molecule has 0 aliphatic carbocycles. The largest absolute Gasteiger partial charge is 0.381 e. The number of nitrogen functional groups attached to an aromatic ring is 1. The molecule has 3 N–H and O–H groups in total. The quantitative estimate of drug-likeness (QED) is 0.345. The summed E-state index contributed by atoms with van der Waals surface area (Å²) in [5.41, 5.74) is 11.8. The van der Waals surface area contributed by atoms with Gasteiger partial charge in [-0.25, -0.2) is 14.5 Å². The highest BCUT2D eigenvalue weighted by Crippen LogP contribution is 2.31. The molecule has 0 aliphatic rings. The third-order valence-electron chi connectivity index (χ3n) is 6.29. The maximum absolute atomic E-state index is 13.4. The van der Waals surface area contributed by atoms with Gasteiger partial charge < -0.3 is 11.1 Å². The molecule has 0 saturated heterocycles. The first-order valence-electron chi connectivity index (χ1n) is 12.2. The van der Waals surface area contributed by atoms with E-state index < -0.39 is 6.04 Å². The SMILES string of the molecule is C[C@@H](NC(=O)c1c(N)nn2cccnc12)c1cc2nccc(C#Cc3ccn(C)n3)c2nc1-c1ccccc1. The lowest BCUT2D eigenvalue weighted by Gasteiger charge is -2.19. The van der Waals surface area contributed by atoms with Crippen molar-refractivity contribution in [2.75, 3.05) is 5.73 Å². The van der Waals surface area contributed by atoms with Crippen LogP contribution in [-0.4, -0.2) is 40.3 Å². The van der Waals surface area contributed by atoms with Gasteiger partial charge in [0.15, 0.2) is 11.5 Å². The second-order valence-corrected chi connectivity index (χ2v) is 8.99. The Balaban J connectivity index is 1.43. The van der Waals surface area contributed by atoms with Gasteiger partial charge in [-0.05, 0) is 37.1 Å². The Morgan fingerprint density at radius 3 is 2.64 bits per heavy atom. The Bertz CT molecular complexity index is 1910. The molecule has 5 heterocycles. The monoisotopic (exact) mass is 513 g/mol. The summed E-state index contributed by atoms with van der Waals surface area (Å²) in [6, 6.07) is 16.7. The van der Waals surface area contributed by atoms with Gasteiger partial charge in [-0.1, -0.05) is 36.3 Å². The van der Waals surface area contributed by atoms with Gasteiger partial charge in [-0.3, -0.25) is 14.5 Å². The lowest BCUT2D eigenvalue weighted by Crippen LogP contribution is -2.28. The van der Waals surface area contributed by atoms with Gasteiger partial charge in [0, 0.05) is 43.0 Å². The molecule has 1 amide bonds. The van der Waals surface area contributed by atoms with Gasteiger partial charge in [-0.2, -0.15) is 5.10 Å². The summed E-state index contributed by atoms with van der Waals surface area (Å²) in [7, 11) is 1.85. The van der Waals surface area contributed by atoms with E-state index >= 15 is 0 Å². The van der Waals surface area contributed by atoms with Crippen molar-refractivity contribution in [3.8, 4) is 23.1 Å². The van der Waals surface area contributed by atoms with Crippen LogP contribution >= 0.6 is 0 Å². The first-order valence-corrected chi connectivity index (χ1v) is 12.2. The molecule has 10 nitrogen and oxygen atoms in total. The second-order valence-electron chi connectivity index (χ2n) is 8.99. The number of aromatic nitrogens is 7. The fourth-order valence-electron chi connectivity index (χ4n) is 4.42. The minimum Gasteiger partial charge on any atom is -0.381 e. The molecule has 0 fully saturated rings. The van der Waals surface area contributed by atoms with Gasteiger partial charge in [0.2, 0.25) is 0 Å². The number of benzene rings is 1. The molecule has 39 heavy (non-hydrogen) atoms. The average Bonchev–Trinajstić information content (AvgIpc) is 3.52. The summed E-state index contributed by atoms with van der Waals surface area (Å²) in [6.07, 6.45) is 6.84. The van der Waals surface area contributed by atoms with Gasteiger partial charge in [0.1, 0.15) is 16.8 Å². The molecule has 0 bridgehead atoms. The topological polar surface area (TPSA) is 129 Å². The van der Waals surface area contributed by atoms with E-state index in [2.05, 4.69) is 37.3 Å². The number of nitrogens with two attached hydrogens (primary N) is 1. The van der Waals surface area contributed by atoms with E-state index in [1.165, 1.54) is 4.52 Å². The van der Waals surface area contributed by atoms with E-state index in [0.29, 0.717) is 22.4 Å². The van der Waals surface area contributed by atoms with E-state index in [9.17, 15) is 4.79 Å². The van der Waals surface area contributed by atoms with Gasteiger partial charge >= 0.3 is 0 Å². The van der Waals surface area contributed by atoms with Crippen LogP contribution in [-0.2, 0) is 7.05 Å². The molecule has 6 aromatic rings. The third kappa shape index (κ3) is 4.53. The van der Waals surface area contributed by atoms with E-state index in [4.69, 9.17) is 10.7 Å². The Morgan fingerprint density at radius 2 is 1.85 bits per heavy atom. The van der Waals surface area contributed by atoms with Gasteiger partial charge in [0.25, 0.3) is 5.91 Å². The zero-order valence-corrected chi connectivity index (χ0v) is 21.2. The van der Waals surface area contributed by atoms with Gasteiger partial charge in [0.05, 0.1) is 22.8 Å². The van der Waals surface area contributed by atoms with Crippen LogP contribution in [0.3, 0.4) is 0 Å². The van der Waals surface area contributed by atoms with E-state index in [1.807, 2.05) is 68.7 Å². The van der Waals surface area contributed by atoms with Crippen molar-refractivity contribution in [1.82, 2.24) is 39.7 Å². The predicted octanol–water partition coefficient (Wildman–Crippen LogP) is 3.55. The lowest BCUT2D eigenvalue weighted by atomic mass is 9.99. The highest BCUT2D eigenvalue weighted by molar-refractivity contribution is 6.04. The maximum Gasteiger partial charge on any atom is 0.259 e. The lowest BCUT2D eigenvalue weighted by molar-refractivity contribution is 0.0942. The van der Waals surface area contributed by atoms with Crippen molar-refractivity contribution >= 4 is 28.4 Å². The molecule has 5 aromatic heterocycles. The third-order valence-corrected chi connectivity index (χ3v) is 6.29. The number of rotatable bonds is 4.